The van der Waals surface area contributed by atoms with Crippen LogP contribution < -0.4 is 4.74 Å². The maximum absolute atomic E-state index is 11.1. The Hall–Kier alpha value is -3.54. The average Bonchev–Trinajstić information content (AvgIpc) is 3.26. The summed E-state index contributed by atoms with van der Waals surface area (Å²) >= 11 is 12.8. The number of carboxylic acid groups (broad SMARTS) is 1. The van der Waals surface area contributed by atoms with Crippen LogP contribution in [-0.4, -0.2) is 16.2 Å². The Balaban J connectivity index is 1.51. The van der Waals surface area contributed by atoms with Gasteiger partial charge in [0.15, 0.2) is 0 Å². The molecule has 0 saturated heterocycles. The highest BCUT2D eigenvalue weighted by Crippen LogP contribution is 2.38. The van der Waals surface area contributed by atoms with Gasteiger partial charge >= 0.3 is 5.97 Å². The SMILES string of the molecule is CC(C)c1onc(-c2c(Cl)cccc2Cl)c1COc1ccc(/C=C/c2cccc(C(=O)O)c2)cc1. The number of ether oxygens (including phenoxy) is 1. The van der Waals surface area contributed by atoms with Crippen LogP contribution in [0.2, 0.25) is 10.0 Å². The van der Waals surface area contributed by atoms with Gasteiger partial charge in [0.2, 0.25) is 0 Å². The number of benzene rings is 3. The van der Waals surface area contributed by atoms with Crippen LogP contribution in [-0.2, 0) is 6.61 Å². The van der Waals surface area contributed by atoms with Crippen LogP contribution in [0, 0.1) is 0 Å². The topological polar surface area (TPSA) is 72.6 Å². The van der Waals surface area contributed by atoms with Crippen LogP contribution in [0.5, 0.6) is 5.75 Å². The number of aromatic nitrogens is 1. The zero-order chi connectivity index (χ0) is 24.9. The van der Waals surface area contributed by atoms with Crippen LogP contribution in [0.25, 0.3) is 23.4 Å². The van der Waals surface area contributed by atoms with Gasteiger partial charge < -0.3 is 14.4 Å². The molecule has 0 amide bonds. The van der Waals surface area contributed by atoms with Crippen molar-refractivity contribution in [3.63, 3.8) is 0 Å². The van der Waals surface area contributed by atoms with Gasteiger partial charge in [-0.2, -0.15) is 0 Å². The molecule has 4 rings (SSSR count). The molecule has 0 saturated carbocycles. The van der Waals surface area contributed by atoms with E-state index in [1.165, 1.54) is 0 Å². The van der Waals surface area contributed by atoms with E-state index in [4.69, 9.17) is 37.6 Å². The molecule has 0 aliphatic heterocycles. The van der Waals surface area contributed by atoms with Crippen molar-refractivity contribution in [2.45, 2.75) is 26.4 Å². The first-order chi connectivity index (χ1) is 16.8. The molecule has 0 bridgehead atoms. The molecule has 0 atom stereocenters. The van der Waals surface area contributed by atoms with Gasteiger partial charge in [0.25, 0.3) is 0 Å². The molecule has 0 radical (unpaired) electrons. The molecule has 0 fully saturated rings. The molecule has 0 unspecified atom stereocenters. The van der Waals surface area contributed by atoms with E-state index in [2.05, 4.69) is 5.16 Å². The summed E-state index contributed by atoms with van der Waals surface area (Å²) < 4.78 is 11.7. The van der Waals surface area contributed by atoms with Crippen molar-refractivity contribution in [1.82, 2.24) is 5.16 Å². The van der Waals surface area contributed by atoms with Crippen molar-refractivity contribution < 1.29 is 19.2 Å². The maximum atomic E-state index is 11.1. The second kappa shape index (κ2) is 10.8. The normalized spacial score (nSPS) is 11.3. The van der Waals surface area contributed by atoms with Gasteiger partial charge in [0.1, 0.15) is 23.8 Å². The molecule has 0 aliphatic rings. The van der Waals surface area contributed by atoms with Crippen LogP contribution in [0.1, 0.15) is 52.6 Å². The molecule has 0 spiro atoms. The number of rotatable bonds is 8. The van der Waals surface area contributed by atoms with Gasteiger partial charge in [0.05, 0.1) is 21.2 Å². The summed E-state index contributed by atoms with van der Waals surface area (Å²) in [6.07, 6.45) is 3.78. The second-order valence-electron chi connectivity index (χ2n) is 8.25. The van der Waals surface area contributed by atoms with Gasteiger partial charge in [-0.05, 0) is 47.5 Å². The van der Waals surface area contributed by atoms with E-state index in [-0.39, 0.29) is 18.1 Å². The number of hydrogen-bond acceptors (Lipinski definition) is 4. The molecule has 1 N–H and O–H groups in total. The minimum Gasteiger partial charge on any atom is -0.489 e. The van der Waals surface area contributed by atoms with E-state index in [1.54, 1.807) is 36.4 Å². The van der Waals surface area contributed by atoms with Gasteiger partial charge in [-0.25, -0.2) is 4.79 Å². The summed E-state index contributed by atoms with van der Waals surface area (Å²) in [6.45, 7) is 4.29. The molecule has 5 nitrogen and oxygen atoms in total. The molecule has 4 aromatic rings. The fraction of sp³-hybridized carbons (Fsp3) is 0.143. The number of carbonyl (C=O) groups is 1. The summed E-state index contributed by atoms with van der Waals surface area (Å²) in [5, 5.41) is 14.4. The Bertz CT molecular complexity index is 1350. The fourth-order valence-electron chi connectivity index (χ4n) is 3.63. The molecular weight excluding hydrogens is 485 g/mol. The lowest BCUT2D eigenvalue weighted by molar-refractivity contribution is 0.0697. The van der Waals surface area contributed by atoms with Crippen molar-refractivity contribution in [3.05, 3.63) is 105 Å². The van der Waals surface area contributed by atoms with Crippen molar-refractivity contribution in [3.8, 4) is 17.0 Å². The van der Waals surface area contributed by atoms with E-state index in [0.29, 0.717) is 27.1 Å². The molecule has 35 heavy (non-hydrogen) atoms. The number of carboxylic acids is 1. The summed E-state index contributed by atoms with van der Waals surface area (Å²) in [5.41, 5.74) is 4.02. The highest BCUT2D eigenvalue weighted by Gasteiger charge is 2.23. The van der Waals surface area contributed by atoms with Crippen LogP contribution in [0.4, 0.5) is 0 Å². The quantitative estimate of drug-likeness (QED) is 0.243. The van der Waals surface area contributed by atoms with E-state index >= 15 is 0 Å². The smallest absolute Gasteiger partial charge is 0.335 e. The summed E-state index contributed by atoms with van der Waals surface area (Å²) in [4.78, 5) is 11.1. The third-order valence-electron chi connectivity index (χ3n) is 5.41. The maximum Gasteiger partial charge on any atom is 0.335 e. The van der Waals surface area contributed by atoms with Crippen molar-refractivity contribution >= 4 is 41.3 Å². The molecule has 3 aromatic carbocycles. The Morgan fingerprint density at radius 2 is 1.66 bits per heavy atom. The third kappa shape index (κ3) is 5.76. The highest BCUT2D eigenvalue weighted by atomic mass is 35.5. The number of halogens is 2. The van der Waals surface area contributed by atoms with Gasteiger partial charge in [-0.1, -0.05) is 84.7 Å². The lowest BCUT2D eigenvalue weighted by Crippen LogP contribution is -2.01. The van der Waals surface area contributed by atoms with Crippen molar-refractivity contribution in [2.75, 3.05) is 0 Å². The first kappa shape index (κ1) is 24.6. The molecule has 7 heteroatoms. The Morgan fingerprint density at radius 1 is 1.00 bits per heavy atom. The molecule has 1 heterocycles. The fourth-order valence-corrected chi connectivity index (χ4v) is 4.21. The molecular formula is C28H23Cl2NO4. The van der Waals surface area contributed by atoms with Crippen LogP contribution >= 0.6 is 23.2 Å². The van der Waals surface area contributed by atoms with Gasteiger partial charge in [0, 0.05) is 11.5 Å². The zero-order valence-corrected chi connectivity index (χ0v) is 20.7. The number of aromatic carboxylic acids is 1. The van der Waals surface area contributed by atoms with Gasteiger partial charge in [-0.3, -0.25) is 0 Å². The predicted octanol–water partition coefficient (Wildman–Crippen LogP) is 8.22. The molecule has 0 aliphatic carbocycles. The zero-order valence-electron chi connectivity index (χ0n) is 19.2. The van der Waals surface area contributed by atoms with Gasteiger partial charge in [-0.15, -0.1) is 0 Å². The summed E-state index contributed by atoms with van der Waals surface area (Å²) in [7, 11) is 0. The number of nitrogens with zero attached hydrogens (tertiary/aromatic N) is 1. The summed E-state index contributed by atoms with van der Waals surface area (Å²) in [5.74, 6) is 0.555. The van der Waals surface area contributed by atoms with E-state index in [9.17, 15) is 4.79 Å². The van der Waals surface area contributed by atoms with E-state index in [0.717, 1.165) is 22.5 Å². The Labute approximate surface area is 213 Å². The lowest BCUT2D eigenvalue weighted by Gasteiger charge is -2.11. The highest BCUT2D eigenvalue weighted by molar-refractivity contribution is 6.39. The molecule has 178 valence electrons. The van der Waals surface area contributed by atoms with E-state index < -0.39 is 5.97 Å². The first-order valence-electron chi connectivity index (χ1n) is 11.0. The lowest BCUT2D eigenvalue weighted by atomic mass is 10.0. The Morgan fingerprint density at radius 3 is 2.31 bits per heavy atom. The summed E-state index contributed by atoms with van der Waals surface area (Å²) in [6, 6.07) is 19.7. The molecule has 1 aromatic heterocycles. The first-order valence-corrected chi connectivity index (χ1v) is 11.8. The Kier molecular flexibility index (Phi) is 7.59. The second-order valence-corrected chi connectivity index (χ2v) is 9.06. The number of hydrogen-bond donors (Lipinski definition) is 1. The van der Waals surface area contributed by atoms with E-state index in [1.807, 2.05) is 56.3 Å². The predicted molar refractivity (Wildman–Crippen MR) is 139 cm³/mol. The largest absolute Gasteiger partial charge is 0.489 e. The van der Waals surface area contributed by atoms with Crippen molar-refractivity contribution in [1.29, 1.82) is 0 Å². The standard InChI is InChI=1S/C28H23Cl2NO4/c1-17(2)27-22(26(31-35-27)25-23(29)7-4-8-24(25)30)16-34-21-13-11-18(12-14-21)9-10-19-5-3-6-20(15-19)28(32)33/h3-15,17H,16H2,1-2H3,(H,32,33)/b10-9+. The minimum atomic E-state index is -0.949. The minimum absolute atomic E-state index is 0.100. The van der Waals surface area contributed by atoms with Crippen LogP contribution in [0.3, 0.4) is 0 Å². The monoisotopic (exact) mass is 507 g/mol. The average molecular weight is 508 g/mol. The van der Waals surface area contributed by atoms with Crippen LogP contribution in [0.15, 0.2) is 71.3 Å². The third-order valence-corrected chi connectivity index (χ3v) is 6.04. The van der Waals surface area contributed by atoms with Crippen molar-refractivity contribution in [2.24, 2.45) is 0 Å².